The van der Waals surface area contributed by atoms with Gasteiger partial charge in [0.15, 0.2) is 6.29 Å². The van der Waals surface area contributed by atoms with Crippen LogP contribution in [0.3, 0.4) is 0 Å². The molecule has 0 radical (unpaired) electrons. The lowest BCUT2D eigenvalue weighted by molar-refractivity contribution is -0.0436. The van der Waals surface area contributed by atoms with E-state index in [1.807, 2.05) is 49.4 Å². The van der Waals surface area contributed by atoms with Gasteiger partial charge < -0.3 is 9.47 Å². The van der Waals surface area contributed by atoms with Crippen molar-refractivity contribution in [2.75, 3.05) is 13.2 Å². The molecule has 2 aromatic carbocycles. The highest BCUT2D eigenvalue weighted by Crippen LogP contribution is 2.33. The van der Waals surface area contributed by atoms with Crippen LogP contribution in [-0.2, 0) is 9.47 Å². The molecule has 5 heteroatoms. The second-order valence-corrected chi connectivity index (χ2v) is 5.80. The molecule has 0 aliphatic carbocycles. The molecule has 0 atom stereocenters. The Kier molecular flexibility index (Phi) is 4.80. The van der Waals surface area contributed by atoms with E-state index in [1.165, 1.54) is 0 Å². The van der Waals surface area contributed by atoms with Crippen molar-refractivity contribution in [1.29, 1.82) is 0 Å². The first-order valence-electron chi connectivity index (χ1n) is 6.99. The average Bonchev–Trinajstić information content (AvgIpc) is 3.05. The summed E-state index contributed by atoms with van der Waals surface area (Å²) in [6, 6.07) is 16.4. The number of aryl methyl sites for hydroxylation is 1. The summed E-state index contributed by atoms with van der Waals surface area (Å²) in [5.74, 6) is 0. The van der Waals surface area contributed by atoms with Crippen molar-refractivity contribution in [2.45, 2.75) is 13.2 Å². The largest absolute Gasteiger partial charge is 0.346 e. The van der Waals surface area contributed by atoms with E-state index in [0.29, 0.717) is 13.2 Å². The molecule has 3 rings (SSSR count). The number of ether oxygens (including phenoxy) is 2. The number of hydrogen-bond donors (Lipinski definition) is 0. The van der Waals surface area contributed by atoms with Gasteiger partial charge in [-0.2, -0.15) is 9.98 Å². The van der Waals surface area contributed by atoms with E-state index in [4.69, 9.17) is 9.47 Å². The van der Waals surface area contributed by atoms with E-state index in [1.54, 1.807) is 0 Å². The minimum Gasteiger partial charge on any atom is -0.346 e. The van der Waals surface area contributed by atoms with E-state index in [2.05, 4.69) is 31.9 Å². The van der Waals surface area contributed by atoms with Crippen LogP contribution in [0.2, 0.25) is 0 Å². The predicted molar refractivity (Wildman–Crippen MR) is 89.1 cm³/mol. The molecular formula is C17H15BrN2O2. The van der Waals surface area contributed by atoms with E-state index in [9.17, 15) is 0 Å². The highest BCUT2D eigenvalue weighted by molar-refractivity contribution is 9.10. The third-order valence-corrected chi connectivity index (χ3v) is 3.84. The molecule has 0 amide bonds. The molecule has 1 fully saturated rings. The molecule has 1 saturated heterocycles. The fourth-order valence-corrected chi connectivity index (χ4v) is 2.48. The number of aliphatic imine (C=N–C) groups is 2. The Balaban J connectivity index is 1.90. The minimum atomic E-state index is -0.354. The molecule has 112 valence electrons. The lowest BCUT2D eigenvalue weighted by Crippen LogP contribution is -1.99. The van der Waals surface area contributed by atoms with E-state index in [0.717, 1.165) is 27.0 Å². The third-order valence-electron chi connectivity index (χ3n) is 3.31. The van der Waals surface area contributed by atoms with Gasteiger partial charge in [-0.1, -0.05) is 34.1 Å². The first kappa shape index (κ1) is 15.1. The highest BCUT2D eigenvalue weighted by atomic mass is 79.9. The van der Waals surface area contributed by atoms with Crippen LogP contribution in [0, 0.1) is 6.92 Å². The highest BCUT2D eigenvalue weighted by Gasteiger charge is 2.21. The van der Waals surface area contributed by atoms with Gasteiger partial charge in [0.2, 0.25) is 0 Å². The monoisotopic (exact) mass is 358 g/mol. The smallest absolute Gasteiger partial charge is 0.186 e. The fraction of sp³-hybridized carbons (Fsp3) is 0.235. The summed E-state index contributed by atoms with van der Waals surface area (Å²) >= 11 is 3.39. The van der Waals surface area contributed by atoms with Crippen LogP contribution in [0.5, 0.6) is 0 Å². The first-order chi connectivity index (χ1) is 10.7. The molecule has 2 aromatic rings. The number of nitrogens with zero attached hydrogens (tertiary/aromatic N) is 2. The summed E-state index contributed by atoms with van der Waals surface area (Å²) in [5, 5.41) is 0. The number of benzene rings is 2. The predicted octanol–water partition coefficient (Wildman–Crippen LogP) is 4.94. The molecule has 0 saturated carbocycles. The van der Waals surface area contributed by atoms with Crippen LogP contribution in [-0.4, -0.2) is 19.2 Å². The molecule has 0 bridgehead atoms. The molecule has 0 unspecified atom stereocenters. The molecule has 1 aliphatic rings. The van der Waals surface area contributed by atoms with Crippen LogP contribution in [0.25, 0.3) is 0 Å². The van der Waals surface area contributed by atoms with Crippen molar-refractivity contribution in [3.8, 4) is 0 Å². The molecule has 22 heavy (non-hydrogen) atoms. The standard InChI is InChI=1S/C17H15BrN2O2/c1-12-3-2-4-15(17-21-9-10-22-17)16(12)20-11-19-14-7-5-13(18)6-8-14/h2-8,17H,9-10H2,1H3. The second-order valence-electron chi connectivity index (χ2n) is 4.89. The van der Waals surface area contributed by atoms with Crippen molar-refractivity contribution in [1.82, 2.24) is 0 Å². The zero-order chi connectivity index (χ0) is 15.4. The first-order valence-corrected chi connectivity index (χ1v) is 7.78. The van der Waals surface area contributed by atoms with Gasteiger partial charge in [-0.3, -0.25) is 0 Å². The third kappa shape index (κ3) is 3.51. The summed E-state index contributed by atoms with van der Waals surface area (Å²) < 4.78 is 12.1. The molecule has 4 nitrogen and oxygen atoms in total. The molecule has 1 heterocycles. The number of halogens is 1. The van der Waals surface area contributed by atoms with Crippen molar-refractivity contribution in [3.05, 3.63) is 58.1 Å². The zero-order valence-corrected chi connectivity index (χ0v) is 13.7. The topological polar surface area (TPSA) is 43.2 Å². The molecule has 0 spiro atoms. The Labute approximate surface area is 137 Å². The summed E-state index contributed by atoms with van der Waals surface area (Å²) in [4.78, 5) is 8.61. The van der Waals surface area contributed by atoms with Crippen LogP contribution in [0.15, 0.2) is 56.9 Å². The molecular weight excluding hydrogens is 344 g/mol. The number of hydrogen-bond acceptors (Lipinski definition) is 4. The van der Waals surface area contributed by atoms with Crippen molar-refractivity contribution in [3.63, 3.8) is 0 Å². The Morgan fingerprint density at radius 3 is 2.50 bits per heavy atom. The molecule has 0 aromatic heterocycles. The van der Waals surface area contributed by atoms with Crippen LogP contribution >= 0.6 is 15.9 Å². The second kappa shape index (κ2) is 6.99. The maximum absolute atomic E-state index is 5.57. The van der Waals surface area contributed by atoms with Crippen molar-refractivity contribution < 1.29 is 9.47 Å². The van der Waals surface area contributed by atoms with Gasteiger partial charge in [0.25, 0.3) is 0 Å². The van der Waals surface area contributed by atoms with Gasteiger partial charge in [-0.15, -0.1) is 0 Å². The summed E-state index contributed by atoms with van der Waals surface area (Å²) in [6.07, 6.45) is -0.354. The van der Waals surface area contributed by atoms with Gasteiger partial charge in [-0.05, 0) is 36.8 Å². The molecule has 1 aliphatic heterocycles. The van der Waals surface area contributed by atoms with Crippen molar-refractivity contribution >= 4 is 33.3 Å². The summed E-state index contributed by atoms with van der Waals surface area (Å²) in [5.41, 5.74) is 3.55. The van der Waals surface area contributed by atoms with E-state index in [-0.39, 0.29) is 6.29 Å². The lowest BCUT2D eigenvalue weighted by atomic mass is 10.1. The zero-order valence-electron chi connectivity index (χ0n) is 12.1. The van der Waals surface area contributed by atoms with Gasteiger partial charge in [-0.25, -0.2) is 0 Å². The van der Waals surface area contributed by atoms with E-state index >= 15 is 0 Å². The SMILES string of the molecule is Cc1cccc(C2OCCO2)c1N=C=Nc1ccc(Br)cc1. The van der Waals surface area contributed by atoms with Gasteiger partial charge in [0, 0.05) is 10.0 Å². The lowest BCUT2D eigenvalue weighted by Gasteiger charge is -2.12. The van der Waals surface area contributed by atoms with Crippen LogP contribution in [0.1, 0.15) is 17.4 Å². The van der Waals surface area contributed by atoms with Gasteiger partial charge in [0.1, 0.15) is 6.01 Å². The fourth-order valence-electron chi connectivity index (χ4n) is 2.21. The summed E-state index contributed by atoms with van der Waals surface area (Å²) in [6.45, 7) is 3.21. The Bertz CT molecular complexity index is 716. The number of rotatable bonds is 3. The Hall–Kier alpha value is -1.78. The quantitative estimate of drug-likeness (QED) is 0.729. The maximum Gasteiger partial charge on any atom is 0.186 e. The van der Waals surface area contributed by atoms with Crippen molar-refractivity contribution in [2.24, 2.45) is 9.98 Å². The number of para-hydroxylation sites is 1. The van der Waals surface area contributed by atoms with Gasteiger partial charge in [0.05, 0.1) is 24.6 Å². The normalized spacial score (nSPS) is 14.6. The average molecular weight is 359 g/mol. The Morgan fingerprint density at radius 1 is 1.05 bits per heavy atom. The molecule has 0 N–H and O–H groups in total. The maximum atomic E-state index is 5.57. The van der Waals surface area contributed by atoms with E-state index < -0.39 is 0 Å². The van der Waals surface area contributed by atoms with Crippen LogP contribution < -0.4 is 0 Å². The summed E-state index contributed by atoms with van der Waals surface area (Å²) in [7, 11) is 0. The minimum absolute atomic E-state index is 0.354. The van der Waals surface area contributed by atoms with Gasteiger partial charge >= 0.3 is 0 Å². The Morgan fingerprint density at radius 2 is 1.77 bits per heavy atom. The van der Waals surface area contributed by atoms with Crippen LogP contribution in [0.4, 0.5) is 11.4 Å².